The quantitative estimate of drug-likeness (QED) is 0.573. The van der Waals surface area contributed by atoms with Gasteiger partial charge in [-0.25, -0.2) is 4.98 Å². The van der Waals surface area contributed by atoms with Crippen molar-refractivity contribution in [2.45, 2.75) is 4.90 Å². The van der Waals surface area contributed by atoms with Gasteiger partial charge in [-0.05, 0) is 50.7 Å². The van der Waals surface area contributed by atoms with Crippen molar-refractivity contribution < 1.29 is 0 Å². The van der Waals surface area contributed by atoms with E-state index in [0.29, 0.717) is 5.95 Å². The molecule has 0 unspecified atom stereocenters. The van der Waals surface area contributed by atoms with E-state index in [2.05, 4.69) is 48.9 Å². The monoisotopic (exact) mass is 380 g/mol. The second-order valence-corrected chi connectivity index (χ2v) is 7.14. The molecule has 2 aromatic heterocycles. The largest absolute Gasteiger partial charge is 0.353 e. The van der Waals surface area contributed by atoms with Crippen LogP contribution in [0.1, 0.15) is 0 Å². The Bertz CT molecular complexity index is 869. The van der Waals surface area contributed by atoms with E-state index < -0.39 is 0 Å². The summed E-state index contributed by atoms with van der Waals surface area (Å²) in [6.07, 6.45) is 3.83. The summed E-state index contributed by atoms with van der Waals surface area (Å²) in [4.78, 5) is 17.0. The fraction of sp³-hybridized carbons (Fsp3) is 0.250. The molecule has 0 spiro atoms. The number of nitrogens with zero attached hydrogens (tertiary/aromatic N) is 4. The van der Waals surface area contributed by atoms with Crippen LogP contribution in [0.2, 0.25) is 0 Å². The van der Waals surface area contributed by atoms with Gasteiger partial charge in [-0.1, -0.05) is 12.1 Å². The van der Waals surface area contributed by atoms with Crippen molar-refractivity contribution in [1.82, 2.24) is 19.9 Å². The lowest BCUT2D eigenvalue weighted by atomic mass is 10.2. The Labute approximate surface area is 164 Å². The number of benzene rings is 1. The first-order chi connectivity index (χ1) is 13.1. The molecule has 2 N–H and O–H groups in total. The second-order valence-electron chi connectivity index (χ2n) is 6.26. The van der Waals surface area contributed by atoms with Gasteiger partial charge in [0.25, 0.3) is 0 Å². The molecule has 6 nitrogen and oxygen atoms in total. The summed E-state index contributed by atoms with van der Waals surface area (Å²) in [6.45, 7) is 1.66. The molecule has 3 aromatic rings. The minimum Gasteiger partial charge on any atom is -0.353 e. The lowest BCUT2D eigenvalue weighted by Crippen LogP contribution is -2.21. The smallest absolute Gasteiger partial charge is 0.225 e. The maximum atomic E-state index is 4.63. The first-order valence-electron chi connectivity index (χ1n) is 8.74. The second kappa shape index (κ2) is 9.34. The molecule has 0 bridgehead atoms. The van der Waals surface area contributed by atoms with E-state index >= 15 is 0 Å². The Hall–Kier alpha value is -2.64. The Balaban J connectivity index is 1.88. The zero-order chi connectivity index (χ0) is 19.1. The number of aromatic nitrogens is 3. The van der Waals surface area contributed by atoms with Crippen LogP contribution in [0.3, 0.4) is 0 Å². The van der Waals surface area contributed by atoms with Gasteiger partial charge in [-0.15, -0.1) is 11.8 Å². The van der Waals surface area contributed by atoms with Crippen molar-refractivity contribution in [1.29, 1.82) is 0 Å². The highest BCUT2D eigenvalue weighted by Gasteiger charge is 2.08. The fourth-order valence-electron chi connectivity index (χ4n) is 2.48. The molecule has 0 atom stereocenters. The number of rotatable bonds is 8. The lowest BCUT2D eigenvalue weighted by Gasteiger charge is -2.13. The van der Waals surface area contributed by atoms with Gasteiger partial charge in [0.05, 0.1) is 11.4 Å². The molecule has 0 radical (unpaired) electrons. The highest BCUT2D eigenvalue weighted by molar-refractivity contribution is 7.98. The highest BCUT2D eigenvalue weighted by atomic mass is 32.2. The molecule has 2 heterocycles. The predicted molar refractivity (Wildman–Crippen MR) is 114 cm³/mol. The van der Waals surface area contributed by atoms with Gasteiger partial charge in [0, 0.05) is 35.9 Å². The van der Waals surface area contributed by atoms with E-state index in [1.165, 1.54) is 4.90 Å². The molecular formula is C20H24N6S. The van der Waals surface area contributed by atoms with Crippen LogP contribution < -0.4 is 10.6 Å². The van der Waals surface area contributed by atoms with Gasteiger partial charge in [0.2, 0.25) is 5.95 Å². The number of pyridine rings is 1. The SMILES string of the molecule is CSc1cccc(Nc2cc(-c3ccccn3)nc(NCCN(C)C)n2)c1. The van der Waals surface area contributed by atoms with Crippen molar-refractivity contribution >= 4 is 29.2 Å². The minimum atomic E-state index is 0.587. The summed E-state index contributed by atoms with van der Waals surface area (Å²) in [5.74, 6) is 1.32. The first kappa shape index (κ1) is 19.1. The van der Waals surface area contributed by atoms with E-state index in [1.807, 2.05) is 50.5 Å². The third-order valence-corrected chi connectivity index (χ3v) is 4.56. The molecule has 0 aliphatic carbocycles. The first-order valence-corrected chi connectivity index (χ1v) is 9.96. The average Bonchev–Trinajstić information content (AvgIpc) is 2.68. The van der Waals surface area contributed by atoms with E-state index in [4.69, 9.17) is 0 Å². The van der Waals surface area contributed by atoms with Crippen molar-refractivity contribution in [2.75, 3.05) is 44.1 Å². The molecule has 27 heavy (non-hydrogen) atoms. The summed E-state index contributed by atoms with van der Waals surface area (Å²) >= 11 is 1.71. The van der Waals surface area contributed by atoms with Gasteiger partial charge >= 0.3 is 0 Å². The number of anilines is 3. The number of nitrogens with one attached hydrogen (secondary N) is 2. The predicted octanol–water partition coefficient (Wildman–Crippen LogP) is 3.98. The maximum absolute atomic E-state index is 4.63. The zero-order valence-electron chi connectivity index (χ0n) is 15.8. The Kier molecular flexibility index (Phi) is 6.62. The molecule has 0 fully saturated rings. The van der Waals surface area contributed by atoms with Crippen LogP contribution in [-0.4, -0.2) is 53.3 Å². The topological polar surface area (TPSA) is 66.0 Å². The normalized spacial score (nSPS) is 10.8. The van der Waals surface area contributed by atoms with E-state index in [-0.39, 0.29) is 0 Å². The summed E-state index contributed by atoms with van der Waals surface area (Å²) in [6, 6.07) is 16.0. The van der Waals surface area contributed by atoms with Gasteiger partial charge in [-0.2, -0.15) is 4.98 Å². The third-order valence-electron chi connectivity index (χ3n) is 3.84. The van der Waals surface area contributed by atoms with Crippen LogP contribution in [0, 0.1) is 0 Å². The van der Waals surface area contributed by atoms with E-state index in [0.717, 1.165) is 36.0 Å². The van der Waals surface area contributed by atoms with Crippen LogP contribution in [0.5, 0.6) is 0 Å². The Morgan fingerprint density at radius 2 is 1.89 bits per heavy atom. The van der Waals surface area contributed by atoms with Crippen LogP contribution in [0.4, 0.5) is 17.5 Å². The number of thioether (sulfide) groups is 1. The fourth-order valence-corrected chi connectivity index (χ4v) is 2.94. The zero-order valence-corrected chi connectivity index (χ0v) is 16.6. The maximum Gasteiger partial charge on any atom is 0.225 e. The van der Waals surface area contributed by atoms with Gasteiger partial charge in [0.15, 0.2) is 0 Å². The van der Waals surface area contributed by atoms with Crippen molar-refractivity contribution in [2.24, 2.45) is 0 Å². The van der Waals surface area contributed by atoms with Crippen molar-refractivity contribution in [3.63, 3.8) is 0 Å². The van der Waals surface area contributed by atoms with Crippen LogP contribution in [-0.2, 0) is 0 Å². The third kappa shape index (κ3) is 5.67. The molecule has 0 saturated carbocycles. The average molecular weight is 381 g/mol. The van der Waals surface area contributed by atoms with Crippen LogP contribution in [0.25, 0.3) is 11.4 Å². The molecule has 7 heteroatoms. The minimum absolute atomic E-state index is 0.587. The summed E-state index contributed by atoms with van der Waals surface area (Å²) in [7, 11) is 4.08. The standard InChI is InChI=1S/C20H24N6S/c1-26(2)12-11-22-20-24-18(17-9-4-5-10-21-17)14-19(25-20)23-15-7-6-8-16(13-15)27-3/h4-10,13-14H,11-12H2,1-3H3,(H2,22,23,24,25). The Morgan fingerprint density at radius 3 is 2.63 bits per heavy atom. The van der Waals surface area contributed by atoms with Crippen LogP contribution >= 0.6 is 11.8 Å². The van der Waals surface area contributed by atoms with E-state index in [9.17, 15) is 0 Å². The molecule has 140 valence electrons. The highest BCUT2D eigenvalue weighted by Crippen LogP contribution is 2.24. The molecular weight excluding hydrogens is 356 g/mol. The molecule has 0 saturated heterocycles. The summed E-state index contributed by atoms with van der Waals surface area (Å²) in [5, 5.41) is 6.68. The Morgan fingerprint density at radius 1 is 1.00 bits per heavy atom. The number of hydrogen-bond acceptors (Lipinski definition) is 7. The summed E-state index contributed by atoms with van der Waals surface area (Å²) < 4.78 is 0. The molecule has 0 amide bonds. The van der Waals surface area contributed by atoms with Gasteiger partial charge in [-0.3, -0.25) is 4.98 Å². The summed E-state index contributed by atoms with van der Waals surface area (Å²) in [5.41, 5.74) is 2.59. The van der Waals surface area contributed by atoms with Crippen molar-refractivity contribution in [3.8, 4) is 11.4 Å². The lowest BCUT2D eigenvalue weighted by molar-refractivity contribution is 0.425. The van der Waals surface area contributed by atoms with Gasteiger partial charge < -0.3 is 15.5 Å². The van der Waals surface area contributed by atoms with Crippen LogP contribution in [0.15, 0.2) is 59.6 Å². The number of likely N-dealkylation sites (N-methyl/N-ethyl adjacent to an activating group) is 1. The van der Waals surface area contributed by atoms with Gasteiger partial charge in [0.1, 0.15) is 5.82 Å². The molecule has 0 aliphatic rings. The van der Waals surface area contributed by atoms with E-state index in [1.54, 1.807) is 18.0 Å². The molecule has 0 aliphatic heterocycles. The number of hydrogen-bond donors (Lipinski definition) is 2. The molecule has 3 rings (SSSR count). The molecule has 1 aromatic carbocycles. The van der Waals surface area contributed by atoms with Crippen molar-refractivity contribution in [3.05, 3.63) is 54.7 Å².